The molecule has 0 fully saturated rings. The third-order valence-electron chi connectivity index (χ3n) is 4.07. The van der Waals surface area contributed by atoms with Gasteiger partial charge in [0.1, 0.15) is 5.75 Å². The second kappa shape index (κ2) is 10.2. The fourth-order valence-corrected chi connectivity index (χ4v) is 2.50. The van der Waals surface area contributed by atoms with E-state index < -0.39 is 0 Å². The zero-order valence-electron chi connectivity index (χ0n) is 15.8. The van der Waals surface area contributed by atoms with Gasteiger partial charge in [-0.2, -0.15) is 0 Å². The number of benzene rings is 2. The van der Waals surface area contributed by atoms with Crippen LogP contribution < -0.4 is 9.47 Å². The van der Waals surface area contributed by atoms with Crippen LogP contribution in [0.5, 0.6) is 17.2 Å². The zero-order chi connectivity index (χ0) is 19.6. The van der Waals surface area contributed by atoms with Crippen molar-refractivity contribution < 1.29 is 28.5 Å². The number of rotatable bonds is 9. The lowest BCUT2D eigenvalue weighted by molar-refractivity contribution is -0.141. The van der Waals surface area contributed by atoms with Gasteiger partial charge in [0.25, 0.3) is 0 Å². The highest BCUT2D eigenvalue weighted by atomic mass is 16.5. The van der Waals surface area contributed by atoms with Gasteiger partial charge in [-0.25, -0.2) is 0 Å². The number of ether oxygens (including phenoxy) is 4. The van der Waals surface area contributed by atoms with Gasteiger partial charge in [0.2, 0.25) is 0 Å². The Hall–Kier alpha value is -3.02. The standard InChI is InChI=1S/C21H24O6/c1-24-19-14-16(8-13-21(23)26-3)6-11-18(19)27-17-9-4-15(5-10-17)7-12-20(22)25-2/h4-6,9-11,14H,7-8,12-13H2,1-3H3. The third kappa shape index (κ3) is 6.33. The number of carbonyl (C=O) groups is 2. The summed E-state index contributed by atoms with van der Waals surface area (Å²) in [6.07, 6.45) is 1.84. The summed E-state index contributed by atoms with van der Waals surface area (Å²) in [6, 6.07) is 13.1. The van der Waals surface area contributed by atoms with E-state index >= 15 is 0 Å². The van der Waals surface area contributed by atoms with E-state index in [4.69, 9.17) is 9.47 Å². The molecule has 0 heterocycles. The molecule has 0 aliphatic heterocycles. The Labute approximate surface area is 159 Å². The number of carbonyl (C=O) groups excluding carboxylic acids is 2. The highest BCUT2D eigenvalue weighted by Gasteiger charge is 2.09. The molecule has 0 spiro atoms. The summed E-state index contributed by atoms with van der Waals surface area (Å²) < 4.78 is 20.6. The van der Waals surface area contributed by atoms with E-state index in [-0.39, 0.29) is 11.9 Å². The Morgan fingerprint density at radius 1 is 0.741 bits per heavy atom. The number of hydrogen-bond donors (Lipinski definition) is 0. The molecule has 0 saturated carbocycles. The number of esters is 2. The highest BCUT2D eigenvalue weighted by Crippen LogP contribution is 2.32. The number of hydrogen-bond acceptors (Lipinski definition) is 6. The van der Waals surface area contributed by atoms with Gasteiger partial charge in [0, 0.05) is 12.8 Å². The van der Waals surface area contributed by atoms with Crippen molar-refractivity contribution in [2.45, 2.75) is 25.7 Å². The van der Waals surface area contributed by atoms with Crippen molar-refractivity contribution in [3.05, 3.63) is 53.6 Å². The predicted molar refractivity (Wildman–Crippen MR) is 100 cm³/mol. The van der Waals surface area contributed by atoms with Gasteiger partial charge in [0.05, 0.1) is 21.3 Å². The van der Waals surface area contributed by atoms with Crippen molar-refractivity contribution in [3.8, 4) is 17.2 Å². The molecule has 2 aromatic rings. The molecular weight excluding hydrogens is 348 g/mol. The van der Waals surface area contributed by atoms with E-state index in [9.17, 15) is 9.59 Å². The van der Waals surface area contributed by atoms with Crippen LogP contribution in [0.15, 0.2) is 42.5 Å². The lowest BCUT2D eigenvalue weighted by Gasteiger charge is -2.12. The Balaban J connectivity index is 2.01. The molecule has 0 aliphatic carbocycles. The Bertz CT molecular complexity index is 767. The van der Waals surface area contributed by atoms with Crippen molar-refractivity contribution in [2.75, 3.05) is 21.3 Å². The second-order valence-corrected chi connectivity index (χ2v) is 5.88. The van der Waals surface area contributed by atoms with E-state index in [1.807, 2.05) is 42.5 Å². The first-order chi connectivity index (χ1) is 13.0. The summed E-state index contributed by atoms with van der Waals surface area (Å²) in [5.74, 6) is 1.36. The normalized spacial score (nSPS) is 10.2. The minimum Gasteiger partial charge on any atom is -0.493 e. The Morgan fingerprint density at radius 3 is 1.85 bits per heavy atom. The fraction of sp³-hybridized carbons (Fsp3) is 0.333. The van der Waals surface area contributed by atoms with Crippen LogP contribution >= 0.6 is 0 Å². The Kier molecular flexibility index (Phi) is 7.67. The summed E-state index contributed by atoms with van der Waals surface area (Å²) in [4.78, 5) is 22.5. The molecule has 0 saturated heterocycles. The van der Waals surface area contributed by atoms with Crippen LogP contribution in [-0.2, 0) is 31.9 Å². The van der Waals surface area contributed by atoms with Crippen molar-refractivity contribution >= 4 is 11.9 Å². The summed E-state index contributed by atoms with van der Waals surface area (Å²) in [7, 11) is 4.33. The predicted octanol–water partition coefficient (Wildman–Crippen LogP) is 3.70. The molecule has 6 heteroatoms. The minimum atomic E-state index is -0.249. The molecule has 0 aliphatic rings. The average Bonchev–Trinajstić information content (AvgIpc) is 2.71. The molecule has 27 heavy (non-hydrogen) atoms. The van der Waals surface area contributed by atoms with Crippen LogP contribution in [0.25, 0.3) is 0 Å². The van der Waals surface area contributed by atoms with Crippen molar-refractivity contribution in [2.24, 2.45) is 0 Å². The largest absolute Gasteiger partial charge is 0.493 e. The fourth-order valence-electron chi connectivity index (χ4n) is 2.50. The van der Waals surface area contributed by atoms with E-state index in [2.05, 4.69) is 9.47 Å². The van der Waals surface area contributed by atoms with Gasteiger partial charge >= 0.3 is 11.9 Å². The van der Waals surface area contributed by atoms with Gasteiger partial charge < -0.3 is 18.9 Å². The first-order valence-electron chi connectivity index (χ1n) is 8.63. The van der Waals surface area contributed by atoms with E-state index in [0.717, 1.165) is 11.1 Å². The van der Waals surface area contributed by atoms with Crippen LogP contribution in [0.1, 0.15) is 24.0 Å². The van der Waals surface area contributed by atoms with Gasteiger partial charge in [0.15, 0.2) is 11.5 Å². The lowest BCUT2D eigenvalue weighted by Crippen LogP contribution is -2.02. The molecule has 0 unspecified atom stereocenters. The van der Waals surface area contributed by atoms with Crippen LogP contribution in [-0.4, -0.2) is 33.3 Å². The second-order valence-electron chi connectivity index (χ2n) is 5.88. The topological polar surface area (TPSA) is 71.1 Å². The molecule has 0 amide bonds. The van der Waals surface area contributed by atoms with Gasteiger partial charge in [-0.1, -0.05) is 18.2 Å². The lowest BCUT2D eigenvalue weighted by atomic mass is 10.1. The van der Waals surface area contributed by atoms with Crippen LogP contribution in [0.2, 0.25) is 0 Å². The smallest absolute Gasteiger partial charge is 0.305 e. The number of methoxy groups -OCH3 is 3. The molecule has 144 valence electrons. The van der Waals surface area contributed by atoms with E-state index in [1.165, 1.54) is 14.2 Å². The monoisotopic (exact) mass is 372 g/mol. The minimum absolute atomic E-state index is 0.229. The first-order valence-corrected chi connectivity index (χ1v) is 8.63. The van der Waals surface area contributed by atoms with E-state index in [1.54, 1.807) is 7.11 Å². The van der Waals surface area contributed by atoms with E-state index in [0.29, 0.717) is 42.9 Å². The zero-order valence-corrected chi connectivity index (χ0v) is 15.8. The molecule has 0 atom stereocenters. The molecule has 0 aromatic heterocycles. The molecule has 0 bridgehead atoms. The maximum absolute atomic E-state index is 11.3. The van der Waals surface area contributed by atoms with Gasteiger partial charge in [-0.15, -0.1) is 0 Å². The van der Waals surface area contributed by atoms with Crippen LogP contribution in [0.3, 0.4) is 0 Å². The quantitative estimate of drug-likeness (QED) is 0.625. The van der Waals surface area contributed by atoms with Crippen molar-refractivity contribution in [1.29, 1.82) is 0 Å². The number of aryl methyl sites for hydroxylation is 2. The first kappa shape index (κ1) is 20.3. The van der Waals surface area contributed by atoms with Crippen molar-refractivity contribution in [3.63, 3.8) is 0 Å². The summed E-state index contributed by atoms with van der Waals surface area (Å²) in [5.41, 5.74) is 1.99. The van der Waals surface area contributed by atoms with Crippen LogP contribution in [0.4, 0.5) is 0 Å². The maximum Gasteiger partial charge on any atom is 0.305 e. The van der Waals surface area contributed by atoms with Crippen LogP contribution in [0, 0.1) is 0 Å². The summed E-state index contributed by atoms with van der Waals surface area (Å²) >= 11 is 0. The van der Waals surface area contributed by atoms with Gasteiger partial charge in [-0.05, 0) is 48.2 Å². The maximum atomic E-state index is 11.3. The molecular formula is C21H24O6. The molecule has 0 radical (unpaired) electrons. The summed E-state index contributed by atoms with van der Waals surface area (Å²) in [5, 5.41) is 0. The highest BCUT2D eigenvalue weighted by molar-refractivity contribution is 5.69. The van der Waals surface area contributed by atoms with Gasteiger partial charge in [-0.3, -0.25) is 9.59 Å². The third-order valence-corrected chi connectivity index (χ3v) is 4.07. The van der Waals surface area contributed by atoms with Crippen molar-refractivity contribution in [1.82, 2.24) is 0 Å². The average molecular weight is 372 g/mol. The molecule has 2 rings (SSSR count). The summed E-state index contributed by atoms with van der Waals surface area (Å²) in [6.45, 7) is 0. The molecule has 6 nitrogen and oxygen atoms in total. The molecule has 2 aromatic carbocycles. The SMILES string of the molecule is COC(=O)CCc1ccc(Oc2ccc(CCC(=O)OC)cc2OC)cc1. The molecule has 0 N–H and O–H groups in total. The Morgan fingerprint density at radius 2 is 1.30 bits per heavy atom.